The van der Waals surface area contributed by atoms with Crippen molar-refractivity contribution in [3.63, 3.8) is 0 Å². The summed E-state index contributed by atoms with van der Waals surface area (Å²) >= 11 is 0. The van der Waals surface area contributed by atoms with Crippen LogP contribution < -0.4 is 0 Å². The molecule has 1 unspecified atom stereocenters. The van der Waals surface area contributed by atoms with Gasteiger partial charge in [0.2, 0.25) is 0 Å². The van der Waals surface area contributed by atoms with Crippen LogP contribution in [0.5, 0.6) is 0 Å². The highest BCUT2D eigenvalue weighted by atomic mass is 15.3. The molecule has 13 heavy (non-hydrogen) atoms. The number of aromatic nitrogens is 3. The van der Waals surface area contributed by atoms with Gasteiger partial charge in [0.1, 0.15) is 0 Å². The molecule has 3 nitrogen and oxygen atoms in total. The van der Waals surface area contributed by atoms with E-state index in [-0.39, 0.29) is 0 Å². The lowest BCUT2D eigenvalue weighted by Crippen LogP contribution is -1.91. The molecule has 0 N–H and O–H groups in total. The first-order valence-electron chi connectivity index (χ1n) is 4.61. The molecule has 68 valence electrons. The summed E-state index contributed by atoms with van der Waals surface area (Å²) in [6, 6.07) is 0. The molecule has 3 heteroatoms. The summed E-state index contributed by atoms with van der Waals surface area (Å²) < 4.78 is 1.83. The minimum absolute atomic E-state index is 0.466. The molecule has 0 spiro atoms. The molecule has 1 atom stereocenters. The summed E-state index contributed by atoms with van der Waals surface area (Å²) in [6.07, 6.45) is 9.13. The van der Waals surface area contributed by atoms with Crippen molar-refractivity contribution in [3.8, 4) is 0 Å². The Bertz CT molecular complexity index is 329. The lowest BCUT2D eigenvalue weighted by atomic mass is 10.2. The van der Waals surface area contributed by atoms with E-state index in [1.54, 1.807) is 0 Å². The molecule has 0 bridgehead atoms. The summed E-state index contributed by atoms with van der Waals surface area (Å²) in [6.45, 7) is 4.20. The van der Waals surface area contributed by atoms with Crippen LogP contribution in [0.1, 0.15) is 25.5 Å². The number of hydrogen-bond donors (Lipinski definition) is 0. The fraction of sp³-hybridized carbons (Fsp3) is 0.400. The Morgan fingerprint density at radius 1 is 1.46 bits per heavy atom. The van der Waals surface area contributed by atoms with Crippen LogP contribution in [0, 0.1) is 5.92 Å². The summed E-state index contributed by atoms with van der Waals surface area (Å²) in [7, 11) is 0. The monoisotopic (exact) mass is 175 g/mol. The Kier molecular flexibility index (Phi) is 2.00. The second kappa shape index (κ2) is 3.17. The second-order valence-corrected chi connectivity index (χ2v) is 3.24. The quantitative estimate of drug-likeness (QED) is 0.653. The smallest absolute Gasteiger partial charge is 0.155 e. The van der Waals surface area contributed by atoms with Crippen molar-refractivity contribution in [2.24, 2.45) is 5.92 Å². The predicted molar refractivity (Wildman–Crippen MR) is 52.9 cm³/mol. The molecule has 0 saturated carbocycles. The van der Waals surface area contributed by atoms with E-state index >= 15 is 0 Å². The molecule has 0 amide bonds. The molecular weight excluding hydrogens is 162 g/mol. The molecule has 0 fully saturated rings. The first-order valence-corrected chi connectivity index (χ1v) is 4.61. The van der Waals surface area contributed by atoms with E-state index in [0.717, 1.165) is 18.1 Å². The molecule has 1 aliphatic rings. The van der Waals surface area contributed by atoms with Gasteiger partial charge in [0, 0.05) is 12.6 Å². The summed E-state index contributed by atoms with van der Waals surface area (Å²) in [5.41, 5.74) is 0. The largest absolute Gasteiger partial charge is 0.221 e. The van der Waals surface area contributed by atoms with Crippen LogP contribution in [0.2, 0.25) is 0 Å². The third-order valence-corrected chi connectivity index (χ3v) is 2.10. The molecule has 2 rings (SSSR count). The van der Waals surface area contributed by atoms with Gasteiger partial charge in [-0.1, -0.05) is 26.0 Å². The molecule has 1 aromatic rings. The SMILES string of the molecule is CCc1nc2n(n1)C=CC(C)C=C2. The van der Waals surface area contributed by atoms with Crippen LogP contribution in [0.15, 0.2) is 12.2 Å². The highest BCUT2D eigenvalue weighted by Crippen LogP contribution is 2.11. The molecule has 0 radical (unpaired) electrons. The average Bonchev–Trinajstić information content (AvgIpc) is 2.47. The summed E-state index contributed by atoms with van der Waals surface area (Å²) in [4.78, 5) is 4.38. The zero-order chi connectivity index (χ0) is 9.26. The van der Waals surface area contributed by atoms with Gasteiger partial charge in [0.15, 0.2) is 11.6 Å². The zero-order valence-electron chi connectivity index (χ0n) is 7.94. The fourth-order valence-corrected chi connectivity index (χ4v) is 1.27. The molecule has 1 aromatic heterocycles. The van der Waals surface area contributed by atoms with Crippen molar-refractivity contribution in [3.05, 3.63) is 23.8 Å². The summed E-state index contributed by atoms with van der Waals surface area (Å²) in [5, 5.41) is 4.33. The first-order chi connectivity index (χ1) is 6.29. The minimum atomic E-state index is 0.466. The van der Waals surface area contributed by atoms with Crippen LogP contribution in [-0.4, -0.2) is 14.8 Å². The highest BCUT2D eigenvalue weighted by Gasteiger charge is 2.06. The lowest BCUT2D eigenvalue weighted by Gasteiger charge is -1.92. The van der Waals surface area contributed by atoms with Crippen molar-refractivity contribution >= 4 is 12.3 Å². The number of nitrogens with zero attached hydrogens (tertiary/aromatic N) is 3. The van der Waals surface area contributed by atoms with E-state index in [2.05, 4.69) is 36.1 Å². The van der Waals surface area contributed by atoms with Gasteiger partial charge >= 0.3 is 0 Å². The molecule has 0 aromatic carbocycles. The maximum atomic E-state index is 4.38. The van der Waals surface area contributed by atoms with Gasteiger partial charge < -0.3 is 0 Å². The van der Waals surface area contributed by atoms with Crippen LogP contribution in [0.3, 0.4) is 0 Å². The Hall–Kier alpha value is -1.38. The van der Waals surface area contributed by atoms with E-state index < -0.39 is 0 Å². The van der Waals surface area contributed by atoms with Gasteiger partial charge in [-0.3, -0.25) is 0 Å². The third-order valence-electron chi connectivity index (χ3n) is 2.10. The maximum Gasteiger partial charge on any atom is 0.155 e. The zero-order valence-corrected chi connectivity index (χ0v) is 7.94. The standard InChI is InChI=1S/C10H13N3/c1-3-9-11-10-5-4-8(2)6-7-13(10)12-9/h4-8H,3H2,1-2H3. The number of hydrogen-bond acceptors (Lipinski definition) is 2. The van der Waals surface area contributed by atoms with E-state index in [1.165, 1.54) is 0 Å². The Morgan fingerprint density at radius 2 is 2.31 bits per heavy atom. The van der Waals surface area contributed by atoms with Crippen LogP contribution >= 0.6 is 0 Å². The van der Waals surface area contributed by atoms with Gasteiger partial charge in [-0.05, 0) is 12.0 Å². The van der Waals surface area contributed by atoms with E-state index in [0.29, 0.717) is 5.92 Å². The lowest BCUT2D eigenvalue weighted by molar-refractivity contribution is 0.866. The maximum absolute atomic E-state index is 4.38. The Balaban J connectivity index is 2.42. The number of rotatable bonds is 1. The van der Waals surface area contributed by atoms with Gasteiger partial charge in [-0.2, -0.15) is 5.10 Å². The van der Waals surface area contributed by atoms with Crippen LogP contribution in [0.4, 0.5) is 0 Å². The van der Waals surface area contributed by atoms with Crippen molar-refractivity contribution in [2.75, 3.05) is 0 Å². The topological polar surface area (TPSA) is 30.7 Å². The van der Waals surface area contributed by atoms with Crippen molar-refractivity contribution in [1.29, 1.82) is 0 Å². The number of fused-ring (bicyclic) bond motifs is 1. The van der Waals surface area contributed by atoms with Crippen molar-refractivity contribution in [1.82, 2.24) is 14.8 Å². The molecule has 0 saturated heterocycles. The van der Waals surface area contributed by atoms with Gasteiger partial charge in [0.05, 0.1) is 0 Å². The molecular formula is C10H13N3. The fourth-order valence-electron chi connectivity index (χ4n) is 1.27. The van der Waals surface area contributed by atoms with Crippen molar-refractivity contribution < 1.29 is 0 Å². The van der Waals surface area contributed by atoms with E-state index in [9.17, 15) is 0 Å². The summed E-state index contributed by atoms with van der Waals surface area (Å²) in [5.74, 6) is 2.30. The Morgan fingerprint density at radius 3 is 3.08 bits per heavy atom. The van der Waals surface area contributed by atoms with Crippen molar-refractivity contribution in [2.45, 2.75) is 20.3 Å². The number of allylic oxidation sites excluding steroid dienone is 2. The van der Waals surface area contributed by atoms with E-state index in [4.69, 9.17) is 0 Å². The average molecular weight is 175 g/mol. The first kappa shape index (κ1) is 8.23. The van der Waals surface area contributed by atoms with Gasteiger partial charge in [-0.15, -0.1) is 0 Å². The number of aryl methyl sites for hydroxylation is 1. The predicted octanol–water partition coefficient (Wildman–Crippen LogP) is 1.97. The van der Waals surface area contributed by atoms with Crippen LogP contribution in [0.25, 0.3) is 12.3 Å². The minimum Gasteiger partial charge on any atom is -0.221 e. The molecule has 0 aliphatic carbocycles. The third kappa shape index (κ3) is 1.54. The van der Waals surface area contributed by atoms with Crippen LogP contribution in [-0.2, 0) is 6.42 Å². The van der Waals surface area contributed by atoms with Gasteiger partial charge in [-0.25, -0.2) is 9.67 Å². The Labute approximate surface area is 77.8 Å². The van der Waals surface area contributed by atoms with E-state index in [1.807, 2.05) is 17.0 Å². The normalized spacial score (nSPS) is 20.0. The highest BCUT2D eigenvalue weighted by molar-refractivity contribution is 5.48. The second-order valence-electron chi connectivity index (χ2n) is 3.24. The van der Waals surface area contributed by atoms with Gasteiger partial charge in [0.25, 0.3) is 0 Å². The molecule has 2 heterocycles. The molecule has 1 aliphatic heterocycles.